The molecule has 0 unspecified atom stereocenters. The van der Waals surface area contributed by atoms with Crippen LogP contribution in [0.4, 0.5) is 4.79 Å². The van der Waals surface area contributed by atoms with Crippen molar-refractivity contribution in [3.05, 3.63) is 48.0 Å². The zero-order chi connectivity index (χ0) is 16.9. The van der Waals surface area contributed by atoms with Gasteiger partial charge in [0.05, 0.1) is 12.6 Å². The van der Waals surface area contributed by atoms with E-state index >= 15 is 0 Å². The van der Waals surface area contributed by atoms with Crippen molar-refractivity contribution < 1.29 is 4.79 Å². The van der Waals surface area contributed by atoms with E-state index in [0.29, 0.717) is 13.1 Å². The highest BCUT2D eigenvalue weighted by Crippen LogP contribution is 2.24. The van der Waals surface area contributed by atoms with Gasteiger partial charge in [0.2, 0.25) is 0 Å². The molecule has 0 bridgehead atoms. The minimum absolute atomic E-state index is 0.0531. The van der Waals surface area contributed by atoms with Crippen LogP contribution in [0.3, 0.4) is 0 Å². The van der Waals surface area contributed by atoms with Crippen molar-refractivity contribution in [2.45, 2.75) is 26.1 Å². The molecule has 2 heterocycles. The van der Waals surface area contributed by atoms with E-state index in [1.54, 1.807) is 6.33 Å². The van der Waals surface area contributed by atoms with Crippen LogP contribution in [0.2, 0.25) is 0 Å². The van der Waals surface area contributed by atoms with Gasteiger partial charge in [-0.2, -0.15) is 0 Å². The second-order valence-corrected chi connectivity index (χ2v) is 6.07. The highest BCUT2D eigenvalue weighted by Gasteiger charge is 2.30. The van der Waals surface area contributed by atoms with Gasteiger partial charge in [0.15, 0.2) is 5.82 Å². The maximum atomic E-state index is 12.7. The Balaban J connectivity index is 1.69. The fourth-order valence-corrected chi connectivity index (χ4v) is 3.06. The van der Waals surface area contributed by atoms with E-state index in [-0.39, 0.29) is 12.1 Å². The molecule has 1 aromatic heterocycles. The van der Waals surface area contributed by atoms with Gasteiger partial charge in [-0.25, -0.2) is 4.79 Å². The first kappa shape index (κ1) is 16.4. The molecular weight excluding hydrogens is 304 g/mol. The van der Waals surface area contributed by atoms with Crippen molar-refractivity contribution in [1.29, 1.82) is 0 Å². The molecule has 1 aliphatic heterocycles. The van der Waals surface area contributed by atoms with E-state index in [9.17, 15) is 4.79 Å². The van der Waals surface area contributed by atoms with E-state index < -0.39 is 0 Å². The fourth-order valence-electron chi connectivity index (χ4n) is 3.06. The van der Waals surface area contributed by atoms with Gasteiger partial charge in [0.25, 0.3) is 0 Å². The molecule has 1 fully saturated rings. The van der Waals surface area contributed by atoms with Crippen molar-refractivity contribution in [2.24, 2.45) is 0 Å². The molecule has 0 radical (unpaired) electrons. The molecule has 7 heteroatoms. The molecule has 1 aromatic carbocycles. The Morgan fingerprint density at radius 3 is 2.83 bits per heavy atom. The average Bonchev–Trinajstić information content (AvgIpc) is 3.08. The van der Waals surface area contributed by atoms with Crippen molar-refractivity contribution in [1.82, 2.24) is 29.9 Å². The topological polar surface area (TPSA) is 66.3 Å². The zero-order valence-electron chi connectivity index (χ0n) is 14.2. The summed E-state index contributed by atoms with van der Waals surface area (Å²) in [4.78, 5) is 16.9. The van der Waals surface area contributed by atoms with E-state index in [0.717, 1.165) is 31.0 Å². The monoisotopic (exact) mass is 328 g/mol. The largest absolute Gasteiger partial charge is 0.331 e. The van der Waals surface area contributed by atoms with Crippen LogP contribution < -0.4 is 5.32 Å². The van der Waals surface area contributed by atoms with Gasteiger partial charge in [-0.05, 0) is 19.5 Å². The first-order valence-electron chi connectivity index (χ1n) is 8.33. The molecule has 1 atom stereocenters. The minimum Gasteiger partial charge on any atom is -0.331 e. The van der Waals surface area contributed by atoms with Crippen LogP contribution in [0.5, 0.6) is 0 Å². The molecule has 128 valence electrons. The number of hydrogen-bond donors (Lipinski definition) is 1. The predicted octanol–water partition coefficient (Wildman–Crippen LogP) is 1.50. The van der Waals surface area contributed by atoms with Gasteiger partial charge in [-0.3, -0.25) is 0 Å². The first-order valence-corrected chi connectivity index (χ1v) is 8.33. The number of nitrogens with one attached hydrogen (secondary N) is 1. The number of amides is 2. The Morgan fingerprint density at radius 1 is 1.29 bits per heavy atom. The highest BCUT2D eigenvalue weighted by molar-refractivity contribution is 5.74. The smallest absolute Gasteiger partial charge is 0.318 e. The summed E-state index contributed by atoms with van der Waals surface area (Å²) in [6.07, 6.45) is 1.68. The number of aryl methyl sites for hydroxylation is 1. The molecule has 3 rings (SSSR count). The van der Waals surface area contributed by atoms with Crippen LogP contribution in [0.25, 0.3) is 0 Å². The Bertz CT molecular complexity index is 671. The summed E-state index contributed by atoms with van der Waals surface area (Å²) in [6, 6.07) is 10.2. The minimum atomic E-state index is -0.0531. The highest BCUT2D eigenvalue weighted by atomic mass is 16.2. The van der Waals surface area contributed by atoms with Crippen LogP contribution in [-0.4, -0.2) is 57.3 Å². The van der Waals surface area contributed by atoms with E-state index in [4.69, 9.17) is 0 Å². The standard InChI is InChI=1S/C17H24N6O/c1-3-22-13-19-20-16(22)11-18-17(24)23-10-9-21(2)12-15(23)14-7-5-4-6-8-14/h4-8,13,15H,3,9-12H2,1-2H3,(H,18,24)/t15-/m0/s1. The van der Waals surface area contributed by atoms with Crippen molar-refractivity contribution in [2.75, 3.05) is 26.7 Å². The third-order valence-electron chi connectivity index (χ3n) is 4.46. The molecular formula is C17H24N6O. The number of carbonyl (C=O) groups is 1. The number of likely N-dealkylation sites (N-methyl/N-ethyl adjacent to an activating group) is 1. The molecule has 1 saturated heterocycles. The molecule has 1 aliphatic rings. The fraction of sp³-hybridized carbons (Fsp3) is 0.471. The quantitative estimate of drug-likeness (QED) is 0.923. The number of rotatable bonds is 4. The number of piperazine rings is 1. The van der Waals surface area contributed by atoms with Gasteiger partial charge < -0.3 is 19.7 Å². The number of benzene rings is 1. The Hall–Kier alpha value is -2.41. The summed E-state index contributed by atoms with van der Waals surface area (Å²) >= 11 is 0. The third kappa shape index (κ3) is 3.56. The maximum absolute atomic E-state index is 12.7. The van der Waals surface area contributed by atoms with Gasteiger partial charge in [0, 0.05) is 26.2 Å². The first-order chi connectivity index (χ1) is 11.7. The van der Waals surface area contributed by atoms with Gasteiger partial charge >= 0.3 is 6.03 Å². The van der Waals surface area contributed by atoms with Crippen LogP contribution >= 0.6 is 0 Å². The molecule has 7 nitrogen and oxygen atoms in total. The lowest BCUT2D eigenvalue weighted by Crippen LogP contribution is -2.52. The van der Waals surface area contributed by atoms with Crippen LogP contribution in [0.15, 0.2) is 36.7 Å². The Labute approximate surface area is 142 Å². The summed E-state index contributed by atoms with van der Waals surface area (Å²) in [5.41, 5.74) is 1.16. The van der Waals surface area contributed by atoms with E-state index in [2.05, 4.69) is 39.6 Å². The lowest BCUT2D eigenvalue weighted by atomic mass is 10.0. The number of aromatic nitrogens is 3. The Morgan fingerprint density at radius 2 is 2.08 bits per heavy atom. The molecule has 2 amide bonds. The van der Waals surface area contributed by atoms with Crippen molar-refractivity contribution >= 4 is 6.03 Å². The van der Waals surface area contributed by atoms with Crippen LogP contribution in [0, 0.1) is 0 Å². The summed E-state index contributed by atoms with van der Waals surface area (Å²) in [7, 11) is 2.09. The van der Waals surface area contributed by atoms with Crippen LogP contribution in [-0.2, 0) is 13.1 Å². The van der Waals surface area contributed by atoms with Gasteiger partial charge in [0.1, 0.15) is 6.33 Å². The molecule has 2 aromatic rings. The molecule has 0 saturated carbocycles. The number of hydrogen-bond acceptors (Lipinski definition) is 4. The zero-order valence-corrected chi connectivity index (χ0v) is 14.2. The number of carbonyl (C=O) groups excluding carboxylic acids is 1. The normalized spacial score (nSPS) is 18.6. The molecule has 0 spiro atoms. The summed E-state index contributed by atoms with van der Waals surface area (Å²) < 4.78 is 1.93. The molecule has 24 heavy (non-hydrogen) atoms. The molecule has 0 aliphatic carbocycles. The average molecular weight is 328 g/mol. The van der Waals surface area contributed by atoms with Crippen molar-refractivity contribution in [3.63, 3.8) is 0 Å². The SMILES string of the molecule is CCn1cnnc1CNC(=O)N1CCN(C)C[C@H]1c1ccccc1. The lowest BCUT2D eigenvalue weighted by Gasteiger charge is -2.40. The van der Waals surface area contributed by atoms with Gasteiger partial charge in [-0.15, -0.1) is 10.2 Å². The Kier molecular flexibility index (Phi) is 5.10. The second kappa shape index (κ2) is 7.44. The number of nitrogens with zero attached hydrogens (tertiary/aromatic N) is 5. The van der Waals surface area contributed by atoms with Crippen LogP contribution in [0.1, 0.15) is 24.4 Å². The van der Waals surface area contributed by atoms with E-state index in [1.807, 2.05) is 34.6 Å². The van der Waals surface area contributed by atoms with E-state index in [1.165, 1.54) is 0 Å². The maximum Gasteiger partial charge on any atom is 0.318 e. The van der Waals surface area contributed by atoms with Gasteiger partial charge in [-0.1, -0.05) is 30.3 Å². The predicted molar refractivity (Wildman–Crippen MR) is 91.3 cm³/mol. The van der Waals surface area contributed by atoms with Crippen molar-refractivity contribution in [3.8, 4) is 0 Å². The number of urea groups is 1. The summed E-state index contributed by atoms with van der Waals surface area (Å²) in [5, 5.41) is 11.0. The molecule has 1 N–H and O–H groups in total. The third-order valence-corrected chi connectivity index (χ3v) is 4.46. The second-order valence-electron chi connectivity index (χ2n) is 6.07. The lowest BCUT2D eigenvalue weighted by molar-refractivity contribution is 0.108. The summed E-state index contributed by atoms with van der Waals surface area (Å²) in [5.74, 6) is 0.774. The summed E-state index contributed by atoms with van der Waals surface area (Å²) in [6.45, 7) is 5.63.